The molecule has 0 unspecified atom stereocenters. The molecule has 0 saturated heterocycles. The van der Waals surface area contributed by atoms with Gasteiger partial charge in [0.15, 0.2) is 5.43 Å². The third kappa shape index (κ3) is 1.68. The fourth-order valence-electron chi connectivity index (χ4n) is 1.77. The van der Waals surface area contributed by atoms with Crippen LogP contribution in [0.15, 0.2) is 52.3 Å². The molecule has 0 atom stereocenters. The van der Waals surface area contributed by atoms with Gasteiger partial charge in [-0.2, -0.15) is 0 Å². The molecule has 84 valence electrons. The van der Waals surface area contributed by atoms with Crippen molar-refractivity contribution in [3.8, 4) is 5.82 Å². The molecule has 0 aliphatic carbocycles. The van der Waals surface area contributed by atoms with Crippen LogP contribution in [0.4, 0.5) is 0 Å². The summed E-state index contributed by atoms with van der Waals surface area (Å²) >= 11 is 3.18. The number of nitrogens with one attached hydrogen (secondary N) is 1. The van der Waals surface area contributed by atoms with E-state index in [0.717, 1.165) is 16.7 Å². The molecule has 0 spiro atoms. The Labute approximate surface area is 105 Å². The number of pyridine rings is 2. The topological polar surface area (TPSA) is 50.7 Å². The fourth-order valence-corrected chi connectivity index (χ4v) is 2.00. The van der Waals surface area contributed by atoms with Gasteiger partial charge < -0.3 is 9.55 Å². The molecule has 0 saturated carbocycles. The SMILES string of the molecule is O=c1cc(-n2ccc3ccncc32)[nH]cc1Br. The van der Waals surface area contributed by atoms with Gasteiger partial charge in [-0.25, -0.2) is 0 Å². The molecule has 3 heterocycles. The molecule has 3 aromatic rings. The van der Waals surface area contributed by atoms with Crippen molar-refractivity contribution in [2.45, 2.75) is 0 Å². The summed E-state index contributed by atoms with van der Waals surface area (Å²) in [6, 6.07) is 5.47. The van der Waals surface area contributed by atoms with Crippen LogP contribution in [0.1, 0.15) is 0 Å². The Morgan fingerprint density at radius 1 is 1.35 bits per heavy atom. The van der Waals surface area contributed by atoms with E-state index in [1.807, 2.05) is 22.9 Å². The molecule has 0 fully saturated rings. The highest BCUT2D eigenvalue weighted by Crippen LogP contribution is 2.17. The van der Waals surface area contributed by atoms with Crippen molar-refractivity contribution >= 4 is 26.8 Å². The summed E-state index contributed by atoms with van der Waals surface area (Å²) in [7, 11) is 0. The maximum absolute atomic E-state index is 11.6. The molecule has 0 bridgehead atoms. The van der Waals surface area contributed by atoms with Gasteiger partial charge in [0.05, 0.1) is 16.2 Å². The van der Waals surface area contributed by atoms with E-state index in [1.54, 1.807) is 24.7 Å². The molecule has 5 heteroatoms. The Morgan fingerprint density at radius 3 is 3.06 bits per heavy atom. The second-order valence-electron chi connectivity index (χ2n) is 3.65. The normalized spacial score (nSPS) is 10.9. The van der Waals surface area contributed by atoms with Gasteiger partial charge >= 0.3 is 0 Å². The van der Waals surface area contributed by atoms with Crippen LogP contribution in [0.2, 0.25) is 0 Å². The lowest BCUT2D eigenvalue weighted by atomic mass is 10.3. The average molecular weight is 290 g/mol. The molecule has 3 rings (SSSR count). The molecular formula is C12H8BrN3O. The summed E-state index contributed by atoms with van der Waals surface area (Å²) in [4.78, 5) is 18.7. The van der Waals surface area contributed by atoms with Crippen molar-refractivity contribution in [1.82, 2.24) is 14.5 Å². The van der Waals surface area contributed by atoms with E-state index in [4.69, 9.17) is 0 Å². The smallest absolute Gasteiger partial charge is 0.197 e. The van der Waals surface area contributed by atoms with Crippen molar-refractivity contribution in [3.05, 3.63) is 57.7 Å². The monoisotopic (exact) mass is 289 g/mol. The Kier molecular flexibility index (Phi) is 2.33. The minimum absolute atomic E-state index is 0.0514. The maximum atomic E-state index is 11.6. The lowest BCUT2D eigenvalue weighted by Crippen LogP contribution is -2.05. The summed E-state index contributed by atoms with van der Waals surface area (Å²) in [6.07, 6.45) is 7.07. The quantitative estimate of drug-likeness (QED) is 0.748. The Hall–Kier alpha value is -1.88. The predicted octanol–water partition coefficient (Wildman–Crippen LogP) is 2.48. The zero-order valence-corrected chi connectivity index (χ0v) is 10.3. The Bertz CT molecular complexity index is 745. The maximum Gasteiger partial charge on any atom is 0.197 e. The highest BCUT2D eigenvalue weighted by molar-refractivity contribution is 9.10. The van der Waals surface area contributed by atoms with Crippen molar-refractivity contribution in [2.75, 3.05) is 0 Å². The molecule has 0 radical (unpaired) electrons. The molecule has 1 N–H and O–H groups in total. The second-order valence-corrected chi connectivity index (χ2v) is 4.51. The van der Waals surface area contributed by atoms with Crippen LogP contribution in [0.5, 0.6) is 0 Å². The molecule has 0 aliphatic rings. The summed E-state index contributed by atoms with van der Waals surface area (Å²) < 4.78 is 2.42. The van der Waals surface area contributed by atoms with Gasteiger partial charge in [-0.1, -0.05) is 0 Å². The highest BCUT2D eigenvalue weighted by atomic mass is 79.9. The van der Waals surface area contributed by atoms with E-state index < -0.39 is 0 Å². The average Bonchev–Trinajstić information content (AvgIpc) is 2.76. The first kappa shape index (κ1) is 10.3. The van der Waals surface area contributed by atoms with E-state index in [0.29, 0.717) is 4.47 Å². The van der Waals surface area contributed by atoms with E-state index >= 15 is 0 Å². The zero-order valence-electron chi connectivity index (χ0n) is 8.72. The van der Waals surface area contributed by atoms with Crippen LogP contribution in [0.25, 0.3) is 16.7 Å². The van der Waals surface area contributed by atoms with E-state index in [9.17, 15) is 4.79 Å². The Balaban J connectivity index is 2.27. The van der Waals surface area contributed by atoms with E-state index in [-0.39, 0.29) is 5.43 Å². The molecule has 0 aromatic carbocycles. The number of rotatable bonds is 1. The van der Waals surface area contributed by atoms with Gasteiger partial charge in [0.1, 0.15) is 5.82 Å². The highest BCUT2D eigenvalue weighted by Gasteiger charge is 2.04. The van der Waals surface area contributed by atoms with Crippen LogP contribution >= 0.6 is 15.9 Å². The van der Waals surface area contributed by atoms with Crippen LogP contribution in [-0.4, -0.2) is 14.5 Å². The minimum Gasteiger partial charge on any atom is -0.346 e. The number of halogens is 1. The van der Waals surface area contributed by atoms with E-state index in [1.165, 1.54) is 0 Å². The van der Waals surface area contributed by atoms with E-state index in [2.05, 4.69) is 25.9 Å². The first-order valence-electron chi connectivity index (χ1n) is 5.05. The summed E-state index contributed by atoms with van der Waals surface area (Å²) in [6.45, 7) is 0. The zero-order chi connectivity index (χ0) is 11.8. The fraction of sp³-hybridized carbons (Fsp3) is 0. The Morgan fingerprint density at radius 2 is 2.24 bits per heavy atom. The standard InChI is InChI=1S/C12H8BrN3O/c13-9-6-15-12(5-11(9)17)16-4-2-8-1-3-14-7-10(8)16/h1-7H,(H,15,17). The third-order valence-electron chi connectivity index (χ3n) is 2.60. The number of nitrogens with zero attached hydrogens (tertiary/aromatic N) is 2. The number of fused-ring (bicyclic) bond motifs is 1. The van der Waals surface area contributed by atoms with Gasteiger partial charge in [0.2, 0.25) is 0 Å². The number of hydrogen-bond donors (Lipinski definition) is 1. The summed E-state index contributed by atoms with van der Waals surface area (Å²) in [5.74, 6) is 0.723. The summed E-state index contributed by atoms with van der Waals surface area (Å²) in [5.41, 5.74) is 0.912. The number of aromatic nitrogens is 3. The minimum atomic E-state index is -0.0514. The van der Waals surface area contributed by atoms with Crippen LogP contribution in [0, 0.1) is 0 Å². The summed E-state index contributed by atoms with van der Waals surface area (Å²) in [5, 5.41) is 1.09. The molecule has 0 amide bonds. The molecular weight excluding hydrogens is 282 g/mol. The molecule has 3 aromatic heterocycles. The van der Waals surface area contributed by atoms with Crippen molar-refractivity contribution in [2.24, 2.45) is 0 Å². The van der Waals surface area contributed by atoms with Crippen molar-refractivity contribution < 1.29 is 0 Å². The van der Waals surface area contributed by atoms with Crippen molar-refractivity contribution in [3.63, 3.8) is 0 Å². The number of H-pyrrole nitrogens is 1. The molecule has 4 nitrogen and oxygen atoms in total. The largest absolute Gasteiger partial charge is 0.346 e. The second kappa shape index (κ2) is 3.85. The van der Waals surface area contributed by atoms with Crippen LogP contribution in [-0.2, 0) is 0 Å². The van der Waals surface area contributed by atoms with Gasteiger partial charge in [-0.15, -0.1) is 0 Å². The molecule has 0 aliphatic heterocycles. The first-order chi connectivity index (χ1) is 8.25. The van der Waals surface area contributed by atoms with Crippen LogP contribution in [0.3, 0.4) is 0 Å². The third-order valence-corrected chi connectivity index (χ3v) is 3.22. The first-order valence-corrected chi connectivity index (χ1v) is 5.85. The number of hydrogen-bond acceptors (Lipinski definition) is 2. The lowest BCUT2D eigenvalue weighted by Gasteiger charge is -2.04. The number of aromatic amines is 1. The molecule has 17 heavy (non-hydrogen) atoms. The van der Waals surface area contributed by atoms with Gasteiger partial charge in [-0.05, 0) is 28.1 Å². The van der Waals surface area contributed by atoms with Gasteiger partial charge in [0.25, 0.3) is 0 Å². The van der Waals surface area contributed by atoms with Gasteiger partial charge in [-0.3, -0.25) is 9.78 Å². The lowest BCUT2D eigenvalue weighted by molar-refractivity contribution is 1.03. The van der Waals surface area contributed by atoms with Crippen molar-refractivity contribution in [1.29, 1.82) is 0 Å². The predicted molar refractivity (Wildman–Crippen MR) is 69.4 cm³/mol. The van der Waals surface area contributed by atoms with Gasteiger partial charge in [0, 0.05) is 30.0 Å². The van der Waals surface area contributed by atoms with Crippen LogP contribution < -0.4 is 5.43 Å².